The summed E-state index contributed by atoms with van der Waals surface area (Å²) in [5.41, 5.74) is 3.44. The van der Waals surface area contributed by atoms with Gasteiger partial charge in [0, 0.05) is 18.7 Å². The van der Waals surface area contributed by atoms with Crippen molar-refractivity contribution in [3.05, 3.63) is 59.2 Å². The van der Waals surface area contributed by atoms with Crippen LogP contribution in [0.25, 0.3) is 0 Å². The van der Waals surface area contributed by atoms with Crippen molar-refractivity contribution in [1.29, 1.82) is 0 Å². The summed E-state index contributed by atoms with van der Waals surface area (Å²) in [6, 6.07) is 12.6. The molecule has 24 heavy (non-hydrogen) atoms. The van der Waals surface area contributed by atoms with Gasteiger partial charge in [-0.1, -0.05) is 29.8 Å². The van der Waals surface area contributed by atoms with Crippen molar-refractivity contribution < 1.29 is 13.2 Å². The number of sulfonamides is 1. The van der Waals surface area contributed by atoms with Crippen LogP contribution >= 0.6 is 0 Å². The molecule has 0 unspecified atom stereocenters. The summed E-state index contributed by atoms with van der Waals surface area (Å²) >= 11 is 0. The molecule has 0 spiro atoms. The van der Waals surface area contributed by atoms with Crippen molar-refractivity contribution in [3.8, 4) is 0 Å². The molecule has 0 aliphatic carbocycles. The number of anilines is 1. The molecule has 2 aromatic carbocycles. The second-order valence-electron chi connectivity index (χ2n) is 5.83. The van der Waals surface area contributed by atoms with E-state index in [1.807, 2.05) is 38.1 Å². The number of nitrogens with one attached hydrogen (secondary N) is 2. The Morgan fingerprint density at radius 3 is 2.38 bits per heavy atom. The highest BCUT2D eigenvalue weighted by molar-refractivity contribution is 7.89. The quantitative estimate of drug-likeness (QED) is 0.844. The molecule has 0 radical (unpaired) electrons. The number of aryl methyl sites for hydroxylation is 3. The van der Waals surface area contributed by atoms with Crippen LogP contribution in [0.4, 0.5) is 5.69 Å². The predicted octanol–water partition coefficient (Wildman–Crippen LogP) is 2.92. The Hall–Kier alpha value is -2.18. The molecular weight excluding hydrogens is 324 g/mol. The maximum atomic E-state index is 12.3. The van der Waals surface area contributed by atoms with Gasteiger partial charge in [0.2, 0.25) is 15.9 Å². The average Bonchev–Trinajstić information content (AvgIpc) is 2.46. The van der Waals surface area contributed by atoms with Gasteiger partial charge >= 0.3 is 0 Å². The van der Waals surface area contributed by atoms with Crippen molar-refractivity contribution in [2.45, 2.75) is 32.1 Å². The molecule has 0 saturated heterocycles. The number of amides is 1. The highest BCUT2D eigenvalue weighted by Crippen LogP contribution is 2.16. The Morgan fingerprint density at radius 1 is 1.00 bits per heavy atom. The van der Waals surface area contributed by atoms with Crippen LogP contribution in [-0.2, 0) is 14.8 Å². The SMILES string of the molecule is Cc1cccc(NC(=O)CCNS(=O)(=O)c2ccc(C)cc2C)c1. The van der Waals surface area contributed by atoms with Crippen LogP contribution in [0.1, 0.15) is 23.1 Å². The van der Waals surface area contributed by atoms with Gasteiger partial charge in [0.05, 0.1) is 4.90 Å². The highest BCUT2D eigenvalue weighted by Gasteiger charge is 2.16. The van der Waals surface area contributed by atoms with Gasteiger partial charge in [0.25, 0.3) is 0 Å². The van der Waals surface area contributed by atoms with E-state index in [1.54, 1.807) is 25.1 Å². The number of carbonyl (C=O) groups excluding carboxylic acids is 1. The summed E-state index contributed by atoms with van der Waals surface area (Å²) < 4.78 is 27.1. The van der Waals surface area contributed by atoms with Gasteiger partial charge in [0.15, 0.2) is 0 Å². The van der Waals surface area contributed by atoms with E-state index in [2.05, 4.69) is 10.0 Å². The molecule has 0 aliphatic heterocycles. The maximum absolute atomic E-state index is 12.3. The van der Waals surface area contributed by atoms with Crippen LogP contribution < -0.4 is 10.0 Å². The minimum absolute atomic E-state index is 0.0489. The summed E-state index contributed by atoms with van der Waals surface area (Å²) in [7, 11) is -3.61. The van der Waals surface area contributed by atoms with E-state index in [9.17, 15) is 13.2 Å². The van der Waals surface area contributed by atoms with Gasteiger partial charge in [-0.25, -0.2) is 13.1 Å². The Morgan fingerprint density at radius 2 is 1.71 bits per heavy atom. The molecule has 0 atom stereocenters. The fraction of sp³-hybridized carbons (Fsp3) is 0.278. The lowest BCUT2D eigenvalue weighted by molar-refractivity contribution is -0.116. The van der Waals surface area contributed by atoms with Gasteiger partial charge in [-0.3, -0.25) is 4.79 Å². The van der Waals surface area contributed by atoms with Crippen molar-refractivity contribution in [3.63, 3.8) is 0 Å². The van der Waals surface area contributed by atoms with Gasteiger partial charge in [0.1, 0.15) is 0 Å². The minimum atomic E-state index is -3.61. The molecule has 128 valence electrons. The fourth-order valence-electron chi connectivity index (χ4n) is 2.42. The monoisotopic (exact) mass is 346 g/mol. The van der Waals surface area contributed by atoms with Gasteiger partial charge in [-0.2, -0.15) is 0 Å². The molecule has 0 saturated carbocycles. The Kier molecular flexibility index (Phi) is 5.75. The Labute approximate surface area is 143 Å². The fourth-order valence-corrected chi connectivity index (χ4v) is 3.68. The average molecular weight is 346 g/mol. The summed E-state index contributed by atoms with van der Waals surface area (Å²) in [6.07, 6.45) is 0.0675. The van der Waals surface area contributed by atoms with Crippen molar-refractivity contribution in [2.24, 2.45) is 0 Å². The summed E-state index contributed by atoms with van der Waals surface area (Å²) in [6.45, 7) is 5.65. The van der Waals surface area contributed by atoms with Crippen LogP contribution in [0, 0.1) is 20.8 Å². The topological polar surface area (TPSA) is 75.3 Å². The molecular formula is C18H22N2O3S. The zero-order valence-corrected chi connectivity index (χ0v) is 14.9. The van der Waals surface area contributed by atoms with Gasteiger partial charge in [-0.05, 0) is 50.1 Å². The standard InChI is InChI=1S/C18H22N2O3S/c1-13-5-4-6-16(12-13)20-18(21)9-10-19-24(22,23)17-8-7-14(2)11-15(17)3/h4-8,11-12,19H,9-10H2,1-3H3,(H,20,21). The van der Waals surface area contributed by atoms with E-state index >= 15 is 0 Å². The first-order valence-electron chi connectivity index (χ1n) is 7.71. The first-order valence-corrected chi connectivity index (χ1v) is 9.20. The summed E-state index contributed by atoms with van der Waals surface area (Å²) in [4.78, 5) is 12.2. The third-order valence-corrected chi connectivity index (χ3v) is 5.19. The second kappa shape index (κ2) is 7.59. The van der Waals surface area contributed by atoms with Gasteiger partial charge in [-0.15, -0.1) is 0 Å². The van der Waals surface area contributed by atoms with Crippen molar-refractivity contribution in [2.75, 3.05) is 11.9 Å². The zero-order chi connectivity index (χ0) is 17.7. The summed E-state index contributed by atoms with van der Waals surface area (Å²) in [5, 5.41) is 2.75. The molecule has 1 amide bonds. The maximum Gasteiger partial charge on any atom is 0.240 e. The van der Waals surface area contributed by atoms with Crippen LogP contribution in [0.2, 0.25) is 0 Å². The molecule has 0 aliphatic rings. The largest absolute Gasteiger partial charge is 0.326 e. The number of hydrogen-bond acceptors (Lipinski definition) is 3. The molecule has 0 aromatic heterocycles. The molecule has 2 N–H and O–H groups in total. The van der Waals surface area contributed by atoms with Crippen LogP contribution in [0.15, 0.2) is 47.4 Å². The second-order valence-corrected chi connectivity index (χ2v) is 7.57. The molecule has 0 heterocycles. The molecule has 6 heteroatoms. The van der Waals surface area contributed by atoms with E-state index in [4.69, 9.17) is 0 Å². The van der Waals surface area contributed by atoms with Crippen molar-refractivity contribution >= 4 is 21.6 Å². The highest BCUT2D eigenvalue weighted by atomic mass is 32.2. The lowest BCUT2D eigenvalue weighted by atomic mass is 10.2. The lowest BCUT2D eigenvalue weighted by Gasteiger charge is -2.10. The Bertz CT molecular complexity index is 845. The summed E-state index contributed by atoms with van der Waals surface area (Å²) in [5.74, 6) is -0.232. The minimum Gasteiger partial charge on any atom is -0.326 e. The molecule has 5 nitrogen and oxygen atoms in total. The van der Waals surface area contributed by atoms with Crippen LogP contribution in [0.3, 0.4) is 0 Å². The van der Waals surface area contributed by atoms with Crippen LogP contribution in [0.5, 0.6) is 0 Å². The molecule has 0 bridgehead atoms. The van der Waals surface area contributed by atoms with E-state index in [1.165, 1.54) is 0 Å². The van der Waals surface area contributed by atoms with E-state index in [0.717, 1.165) is 11.1 Å². The zero-order valence-electron chi connectivity index (χ0n) is 14.1. The number of hydrogen-bond donors (Lipinski definition) is 2. The normalized spacial score (nSPS) is 11.3. The third kappa shape index (κ3) is 4.91. The third-order valence-electron chi connectivity index (χ3n) is 3.57. The van der Waals surface area contributed by atoms with Crippen LogP contribution in [-0.4, -0.2) is 20.9 Å². The van der Waals surface area contributed by atoms with E-state index < -0.39 is 10.0 Å². The van der Waals surface area contributed by atoms with E-state index in [0.29, 0.717) is 11.3 Å². The number of carbonyl (C=O) groups is 1. The number of benzene rings is 2. The van der Waals surface area contributed by atoms with Gasteiger partial charge < -0.3 is 5.32 Å². The molecule has 0 fully saturated rings. The lowest BCUT2D eigenvalue weighted by Crippen LogP contribution is -2.28. The first kappa shape index (κ1) is 18.2. The molecule has 2 aromatic rings. The molecule has 2 rings (SSSR count). The van der Waals surface area contributed by atoms with E-state index in [-0.39, 0.29) is 23.8 Å². The number of rotatable bonds is 6. The van der Waals surface area contributed by atoms with Crippen molar-refractivity contribution in [1.82, 2.24) is 4.72 Å². The Balaban J connectivity index is 1.92. The first-order chi connectivity index (χ1) is 11.3. The smallest absolute Gasteiger partial charge is 0.240 e. The predicted molar refractivity (Wildman–Crippen MR) is 95.5 cm³/mol.